The second-order valence-electron chi connectivity index (χ2n) is 2.45. The molecule has 1 heterocycles. The summed E-state index contributed by atoms with van der Waals surface area (Å²) in [5.74, 6) is 0.139. The quantitative estimate of drug-likeness (QED) is 0.718. The summed E-state index contributed by atoms with van der Waals surface area (Å²) in [6.45, 7) is 1.85. The Kier molecular flexibility index (Phi) is 3.44. The van der Waals surface area contributed by atoms with Crippen molar-refractivity contribution in [3.8, 4) is 0 Å². The van der Waals surface area contributed by atoms with Crippen LogP contribution in [0.15, 0.2) is 17.5 Å². The second-order valence-corrected chi connectivity index (χ2v) is 3.43. The number of carbonyl (C=O) groups is 1. The minimum atomic E-state index is -0.352. The zero-order valence-electron chi connectivity index (χ0n) is 7.24. The van der Waals surface area contributed by atoms with E-state index in [-0.39, 0.29) is 11.9 Å². The van der Waals surface area contributed by atoms with Crippen LogP contribution < -0.4 is 0 Å². The Morgan fingerprint density at radius 3 is 2.92 bits per heavy atom. The summed E-state index contributed by atoms with van der Waals surface area (Å²) >= 11 is 1.55. The lowest BCUT2D eigenvalue weighted by molar-refractivity contribution is -0.128. The molecule has 1 aromatic heterocycles. The first-order valence-electron chi connectivity index (χ1n) is 3.88. The number of ketones is 1. The molecule has 0 fully saturated rings. The van der Waals surface area contributed by atoms with E-state index in [2.05, 4.69) is 0 Å². The molecule has 2 nitrogen and oxygen atoms in total. The highest BCUT2D eigenvalue weighted by molar-refractivity contribution is 7.10. The molecule has 12 heavy (non-hydrogen) atoms. The van der Waals surface area contributed by atoms with Gasteiger partial charge in [-0.15, -0.1) is 11.3 Å². The highest BCUT2D eigenvalue weighted by Crippen LogP contribution is 2.23. The van der Waals surface area contributed by atoms with Gasteiger partial charge in [0.1, 0.15) is 6.10 Å². The fourth-order valence-electron chi connectivity index (χ4n) is 1.03. The van der Waals surface area contributed by atoms with Crippen molar-refractivity contribution in [2.45, 2.75) is 19.4 Å². The van der Waals surface area contributed by atoms with Crippen molar-refractivity contribution < 1.29 is 9.53 Å². The van der Waals surface area contributed by atoms with Gasteiger partial charge in [0.2, 0.25) is 0 Å². The Morgan fingerprint density at radius 2 is 2.50 bits per heavy atom. The Bertz CT molecular complexity index is 241. The fraction of sp³-hybridized carbons (Fsp3) is 0.444. The van der Waals surface area contributed by atoms with Gasteiger partial charge in [-0.3, -0.25) is 4.79 Å². The van der Waals surface area contributed by atoms with Crippen LogP contribution in [-0.2, 0) is 9.53 Å². The molecule has 0 amide bonds. The van der Waals surface area contributed by atoms with Crippen molar-refractivity contribution in [3.63, 3.8) is 0 Å². The lowest BCUT2D eigenvalue weighted by atomic mass is 10.1. The number of carbonyl (C=O) groups excluding carboxylic acids is 1. The van der Waals surface area contributed by atoms with Gasteiger partial charge in [0.15, 0.2) is 5.78 Å². The molecule has 0 saturated heterocycles. The van der Waals surface area contributed by atoms with Gasteiger partial charge >= 0.3 is 0 Å². The third-order valence-corrected chi connectivity index (χ3v) is 2.59. The summed E-state index contributed by atoms with van der Waals surface area (Å²) in [6.07, 6.45) is 0.172. The first-order chi connectivity index (χ1) is 5.79. The van der Waals surface area contributed by atoms with Gasteiger partial charge in [-0.25, -0.2) is 0 Å². The molecule has 0 aromatic carbocycles. The van der Waals surface area contributed by atoms with Gasteiger partial charge in [-0.05, 0) is 11.4 Å². The Hall–Kier alpha value is -0.670. The molecular weight excluding hydrogens is 172 g/mol. The van der Waals surface area contributed by atoms with Crippen LogP contribution in [0.25, 0.3) is 0 Å². The van der Waals surface area contributed by atoms with Crippen LogP contribution in [0.5, 0.6) is 0 Å². The van der Waals surface area contributed by atoms with E-state index >= 15 is 0 Å². The van der Waals surface area contributed by atoms with Crippen LogP contribution in [0.3, 0.4) is 0 Å². The second kappa shape index (κ2) is 4.38. The zero-order valence-corrected chi connectivity index (χ0v) is 8.06. The van der Waals surface area contributed by atoms with Crippen molar-refractivity contribution in [1.29, 1.82) is 0 Å². The SMILES string of the molecule is CCC(=O)C(OC)c1cccs1. The largest absolute Gasteiger partial charge is 0.368 e. The van der Waals surface area contributed by atoms with E-state index in [0.717, 1.165) is 4.88 Å². The number of hydrogen-bond donors (Lipinski definition) is 0. The standard InChI is InChI=1S/C9H12O2S/c1-3-7(10)9(11-2)8-5-4-6-12-8/h4-6,9H,3H2,1-2H3. The minimum Gasteiger partial charge on any atom is -0.368 e. The maximum atomic E-state index is 11.3. The maximum absolute atomic E-state index is 11.3. The molecule has 0 aliphatic carbocycles. The third-order valence-electron chi connectivity index (χ3n) is 1.68. The van der Waals surface area contributed by atoms with Crippen LogP contribution in [0, 0.1) is 0 Å². The van der Waals surface area contributed by atoms with Crippen molar-refractivity contribution in [3.05, 3.63) is 22.4 Å². The highest BCUT2D eigenvalue weighted by Gasteiger charge is 2.18. The van der Waals surface area contributed by atoms with Gasteiger partial charge in [-0.2, -0.15) is 0 Å². The average Bonchev–Trinajstić information content (AvgIpc) is 2.58. The Morgan fingerprint density at radius 1 is 1.75 bits per heavy atom. The summed E-state index contributed by atoms with van der Waals surface area (Å²) < 4.78 is 5.11. The molecular formula is C9H12O2S. The summed E-state index contributed by atoms with van der Waals surface area (Å²) in [6, 6.07) is 3.85. The molecule has 0 N–H and O–H groups in total. The molecule has 3 heteroatoms. The number of hydrogen-bond acceptors (Lipinski definition) is 3. The lowest BCUT2D eigenvalue weighted by Gasteiger charge is -2.10. The first kappa shape index (κ1) is 9.42. The number of ether oxygens (including phenoxy) is 1. The van der Waals surface area contributed by atoms with E-state index in [1.165, 1.54) is 0 Å². The number of Topliss-reactive ketones (excluding diaryl/α,β-unsaturated/α-hetero) is 1. The van der Waals surface area contributed by atoms with E-state index in [4.69, 9.17) is 4.74 Å². The smallest absolute Gasteiger partial charge is 0.166 e. The van der Waals surface area contributed by atoms with Gasteiger partial charge in [0, 0.05) is 18.4 Å². The van der Waals surface area contributed by atoms with Crippen LogP contribution in [0.4, 0.5) is 0 Å². The molecule has 66 valence electrons. The van der Waals surface area contributed by atoms with Crippen LogP contribution >= 0.6 is 11.3 Å². The Balaban J connectivity index is 2.76. The molecule has 1 aromatic rings. The highest BCUT2D eigenvalue weighted by atomic mass is 32.1. The molecule has 0 radical (unpaired) electrons. The molecule has 0 spiro atoms. The zero-order chi connectivity index (χ0) is 8.97. The molecule has 1 unspecified atom stereocenters. The van der Waals surface area contributed by atoms with Crippen LogP contribution in [0.1, 0.15) is 24.3 Å². The van der Waals surface area contributed by atoms with Gasteiger partial charge in [0.05, 0.1) is 0 Å². The van der Waals surface area contributed by atoms with E-state index in [9.17, 15) is 4.79 Å². The van der Waals surface area contributed by atoms with Crippen LogP contribution in [-0.4, -0.2) is 12.9 Å². The summed E-state index contributed by atoms with van der Waals surface area (Å²) in [5, 5.41) is 1.95. The molecule has 0 aliphatic rings. The van der Waals surface area contributed by atoms with Crippen molar-refractivity contribution in [2.24, 2.45) is 0 Å². The number of methoxy groups -OCH3 is 1. The Labute approximate surface area is 76.2 Å². The van der Waals surface area contributed by atoms with Crippen LogP contribution in [0.2, 0.25) is 0 Å². The van der Waals surface area contributed by atoms with Crippen molar-refractivity contribution in [2.75, 3.05) is 7.11 Å². The minimum absolute atomic E-state index is 0.139. The van der Waals surface area contributed by atoms with E-state index in [1.54, 1.807) is 18.4 Å². The number of rotatable bonds is 4. The number of thiophene rings is 1. The molecule has 0 saturated carbocycles. The molecule has 1 rings (SSSR count). The van der Waals surface area contributed by atoms with Crippen molar-refractivity contribution >= 4 is 17.1 Å². The normalized spacial score (nSPS) is 12.8. The first-order valence-corrected chi connectivity index (χ1v) is 4.76. The van der Waals surface area contributed by atoms with E-state index in [1.807, 2.05) is 24.4 Å². The summed E-state index contributed by atoms with van der Waals surface area (Å²) in [4.78, 5) is 12.3. The third kappa shape index (κ3) is 1.93. The molecule has 0 aliphatic heterocycles. The maximum Gasteiger partial charge on any atom is 0.166 e. The predicted molar refractivity (Wildman–Crippen MR) is 49.4 cm³/mol. The van der Waals surface area contributed by atoms with E-state index in [0.29, 0.717) is 6.42 Å². The van der Waals surface area contributed by atoms with Gasteiger partial charge < -0.3 is 4.74 Å². The molecule has 0 bridgehead atoms. The monoisotopic (exact) mass is 184 g/mol. The van der Waals surface area contributed by atoms with E-state index < -0.39 is 0 Å². The summed E-state index contributed by atoms with van der Waals surface area (Å²) in [7, 11) is 1.57. The average molecular weight is 184 g/mol. The van der Waals surface area contributed by atoms with Gasteiger partial charge in [0.25, 0.3) is 0 Å². The predicted octanol–water partition coefficient (Wildman–Crippen LogP) is 2.41. The summed E-state index contributed by atoms with van der Waals surface area (Å²) in [5.41, 5.74) is 0. The van der Waals surface area contributed by atoms with Crippen molar-refractivity contribution in [1.82, 2.24) is 0 Å². The fourth-order valence-corrected chi connectivity index (χ4v) is 1.85. The van der Waals surface area contributed by atoms with Gasteiger partial charge in [-0.1, -0.05) is 13.0 Å². The topological polar surface area (TPSA) is 26.3 Å². The molecule has 1 atom stereocenters. The lowest BCUT2D eigenvalue weighted by Crippen LogP contribution is -2.11.